The third-order valence-electron chi connectivity index (χ3n) is 2.10. The van der Waals surface area contributed by atoms with Crippen molar-refractivity contribution in [2.24, 2.45) is 5.73 Å². The molecular formula is C12H14N2O4. The molecule has 1 aromatic rings. The third kappa shape index (κ3) is 4.26. The van der Waals surface area contributed by atoms with Crippen molar-refractivity contribution in [3.05, 3.63) is 35.9 Å². The van der Waals surface area contributed by atoms with Gasteiger partial charge in [0, 0.05) is 13.1 Å². The van der Waals surface area contributed by atoms with Gasteiger partial charge in [0.15, 0.2) is 0 Å². The van der Waals surface area contributed by atoms with Crippen LogP contribution in [0.25, 0.3) is 6.08 Å². The molecule has 6 nitrogen and oxygen atoms in total. The van der Waals surface area contributed by atoms with E-state index in [-0.39, 0.29) is 5.91 Å². The molecule has 0 aromatic heterocycles. The van der Waals surface area contributed by atoms with Crippen LogP contribution in [0.1, 0.15) is 5.56 Å². The SMILES string of the molecule is CON(C)C(=O)C=Cc1ccc(OC(N)=O)cc1. The van der Waals surface area contributed by atoms with Gasteiger partial charge < -0.3 is 10.5 Å². The second kappa shape index (κ2) is 6.41. The normalized spacial score (nSPS) is 10.3. The van der Waals surface area contributed by atoms with E-state index in [9.17, 15) is 9.59 Å². The molecule has 18 heavy (non-hydrogen) atoms. The van der Waals surface area contributed by atoms with Gasteiger partial charge in [-0.15, -0.1) is 0 Å². The number of nitrogens with zero attached hydrogens (tertiary/aromatic N) is 1. The number of nitrogens with two attached hydrogens (primary N) is 1. The minimum absolute atomic E-state index is 0.282. The predicted molar refractivity (Wildman–Crippen MR) is 65.5 cm³/mol. The van der Waals surface area contributed by atoms with Gasteiger partial charge in [-0.1, -0.05) is 12.1 Å². The first-order chi connectivity index (χ1) is 8.52. The fourth-order valence-electron chi connectivity index (χ4n) is 1.13. The number of likely N-dealkylation sites (N-methyl/N-ethyl adjacent to an activating group) is 1. The molecule has 0 aliphatic heterocycles. The topological polar surface area (TPSA) is 81.9 Å². The highest BCUT2D eigenvalue weighted by Gasteiger charge is 2.02. The number of amides is 2. The number of primary amides is 1. The van der Waals surface area contributed by atoms with Crippen LogP contribution in [0.3, 0.4) is 0 Å². The van der Waals surface area contributed by atoms with Gasteiger partial charge in [0.1, 0.15) is 5.75 Å². The van der Waals surface area contributed by atoms with Crippen molar-refractivity contribution in [2.45, 2.75) is 0 Å². The lowest BCUT2D eigenvalue weighted by Gasteiger charge is -2.09. The van der Waals surface area contributed by atoms with Crippen molar-refractivity contribution < 1.29 is 19.2 Å². The maximum atomic E-state index is 11.4. The largest absolute Gasteiger partial charge is 0.411 e. The number of carbonyl (C=O) groups is 2. The van der Waals surface area contributed by atoms with E-state index in [0.29, 0.717) is 5.75 Å². The van der Waals surface area contributed by atoms with Crippen molar-refractivity contribution in [1.29, 1.82) is 0 Å². The van der Waals surface area contributed by atoms with E-state index in [1.54, 1.807) is 30.3 Å². The molecule has 0 bridgehead atoms. The summed E-state index contributed by atoms with van der Waals surface area (Å²) in [5.41, 5.74) is 5.65. The second-order valence-corrected chi connectivity index (χ2v) is 3.34. The van der Waals surface area contributed by atoms with Gasteiger partial charge in [0.25, 0.3) is 5.91 Å². The number of hydroxylamine groups is 2. The van der Waals surface area contributed by atoms with Crippen molar-refractivity contribution in [3.63, 3.8) is 0 Å². The molecule has 96 valence electrons. The van der Waals surface area contributed by atoms with Crippen LogP contribution in [0.2, 0.25) is 0 Å². The Morgan fingerprint density at radius 1 is 1.28 bits per heavy atom. The maximum absolute atomic E-state index is 11.4. The molecule has 0 spiro atoms. The summed E-state index contributed by atoms with van der Waals surface area (Å²) in [6.45, 7) is 0. The lowest BCUT2D eigenvalue weighted by atomic mass is 10.2. The van der Waals surface area contributed by atoms with E-state index in [1.165, 1.54) is 20.2 Å². The summed E-state index contributed by atoms with van der Waals surface area (Å²) >= 11 is 0. The van der Waals surface area contributed by atoms with Gasteiger partial charge in [-0.3, -0.25) is 9.63 Å². The molecule has 1 rings (SSSR count). The van der Waals surface area contributed by atoms with Crippen LogP contribution in [-0.2, 0) is 9.63 Å². The zero-order valence-electron chi connectivity index (χ0n) is 10.1. The van der Waals surface area contributed by atoms with Crippen LogP contribution in [-0.4, -0.2) is 31.2 Å². The number of benzene rings is 1. The first-order valence-electron chi connectivity index (χ1n) is 5.10. The molecule has 2 amide bonds. The van der Waals surface area contributed by atoms with Crippen LogP contribution >= 0.6 is 0 Å². The van der Waals surface area contributed by atoms with E-state index >= 15 is 0 Å². The van der Waals surface area contributed by atoms with E-state index in [0.717, 1.165) is 10.6 Å². The van der Waals surface area contributed by atoms with Gasteiger partial charge in [-0.25, -0.2) is 9.86 Å². The first-order valence-corrected chi connectivity index (χ1v) is 5.10. The second-order valence-electron chi connectivity index (χ2n) is 3.34. The molecule has 0 heterocycles. The Labute approximate surface area is 105 Å². The molecule has 0 fully saturated rings. The number of rotatable bonds is 4. The highest BCUT2D eigenvalue weighted by atomic mass is 16.7. The highest BCUT2D eigenvalue weighted by molar-refractivity contribution is 5.90. The molecule has 0 aliphatic rings. The fourth-order valence-corrected chi connectivity index (χ4v) is 1.13. The summed E-state index contributed by atoms with van der Waals surface area (Å²) in [6.07, 6.45) is 2.12. The molecule has 2 N–H and O–H groups in total. The minimum Gasteiger partial charge on any atom is -0.411 e. The summed E-state index contributed by atoms with van der Waals surface area (Å²) in [7, 11) is 2.91. The van der Waals surface area contributed by atoms with Gasteiger partial charge in [0.2, 0.25) is 0 Å². The summed E-state index contributed by atoms with van der Waals surface area (Å²) in [6, 6.07) is 6.54. The van der Waals surface area contributed by atoms with Crippen molar-refractivity contribution in [1.82, 2.24) is 5.06 Å². The molecule has 6 heteroatoms. The van der Waals surface area contributed by atoms with Crippen LogP contribution in [0.4, 0.5) is 4.79 Å². The van der Waals surface area contributed by atoms with Gasteiger partial charge in [-0.05, 0) is 23.8 Å². The molecule has 1 aromatic carbocycles. The zero-order chi connectivity index (χ0) is 13.5. The number of hydrogen-bond acceptors (Lipinski definition) is 4. The van der Waals surface area contributed by atoms with Crippen LogP contribution < -0.4 is 10.5 Å². The molecule has 0 atom stereocenters. The van der Waals surface area contributed by atoms with E-state index in [1.807, 2.05) is 0 Å². The number of hydrogen-bond donors (Lipinski definition) is 1. The number of ether oxygens (including phenoxy) is 1. The standard InChI is InChI=1S/C12H14N2O4/c1-14(17-2)11(15)8-5-9-3-6-10(7-4-9)18-12(13)16/h3-8H,1-2H3,(H2,13,16). The molecule has 0 saturated heterocycles. The predicted octanol–water partition coefficient (Wildman–Crippen LogP) is 1.18. The minimum atomic E-state index is -0.866. The van der Waals surface area contributed by atoms with Crippen LogP contribution in [0.15, 0.2) is 30.3 Å². The van der Waals surface area contributed by atoms with Crippen molar-refractivity contribution >= 4 is 18.1 Å². The smallest absolute Gasteiger partial charge is 0.409 e. The molecule has 0 radical (unpaired) electrons. The summed E-state index contributed by atoms with van der Waals surface area (Å²) < 4.78 is 4.67. The first kappa shape index (κ1) is 13.7. The van der Waals surface area contributed by atoms with Gasteiger partial charge >= 0.3 is 6.09 Å². The van der Waals surface area contributed by atoms with E-state index in [4.69, 9.17) is 10.6 Å². The summed E-state index contributed by atoms with van der Waals surface area (Å²) in [4.78, 5) is 26.6. The van der Waals surface area contributed by atoms with Gasteiger partial charge in [0.05, 0.1) is 7.11 Å². The van der Waals surface area contributed by atoms with Crippen molar-refractivity contribution in [3.8, 4) is 5.75 Å². The Morgan fingerprint density at radius 3 is 2.39 bits per heavy atom. The summed E-state index contributed by atoms with van der Waals surface area (Å²) in [5, 5.41) is 1.10. The quantitative estimate of drug-likeness (QED) is 0.642. The average Bonchev–Trinajstić information content (AvgIpc) is 2.36. The summed E-state index contributed by atoms with van der Waals surface area (Å²) in [5.74, 6) is 0.0648. The Morgan fingerprint density at radius 2 is 1.89 bits per heavy atom. The average molecular weight is 250 g/mol. The Balaban J connectivity index is 2.66. The fraction of sp³-hybridized carbons (Fsp3) is 0.167. The third-order valence-corrected chi connectivity index (χ3v) is 2.10. The monoisotopic (exact) mass is 250 g/mol. The highest BCUT2D eigenvalue weighted by Crippen LogP contribution is 2.13. The lowest BCUT2D eigenvalue weighted by Crippen LogP contribution is -2.22. The molecular weight excluding hydrogens is 236 g/mol. The molecule has 0 aliphatic carbocycles. The Hall–Kier alpha value is -2.34. The zero-order valence-corrected chi connectivity index (χ0v) is 10.1. The van der Waals surface area contributed by atoms with Crippen LogP contribution in [0, 0.1) is 0 Å². The van der Waals surface area contributed by atoms with Crippen LogP contribution in [0.5, 0.6) is 5.75 Å². The van der Waals surface area contributed by atoms with E-state index < -0.39 is 6.09 Å². The molecule has 0 unspecified atom stereocenters. The Bertz CT molecular complexity index is 454. The maximum Gasteiger partial charge on any atom is 0.409 e. The van der Waals surface area contributed by atoms with Crippen molar-refractivity contribution in [2.75, 3.05) is 14.2 Å². The van der Waals surface area contributed by atoms with Gasteiger partial charge in [-0.2, -0.15) is 0 Å². The lowest BCUT2D eigenvalue weighted by molar-refractivity contribution is -0.162. The Kier molecular flexibility index (Phi) is 4.89. The van der Waals surface area contributed by atoms with E-state index in [2.05, 4.69) is 4.74 Å². The molecule has 0 saturated carbocycles. The number of carbonyl (C=O) groups excluding carboxylic acids is 2.